The highest BCUT2D eigenvalue weighted by atomic mass is 16.5. The molecule has 2 N–H and O–H groups in total. The monoisotopic (exact) mass is 219 g/mol. The Kier molecular flexibility index (Phi) is 2.94. The molecule has 0 aromatic heterocycles. The molecule has 1 aromatic carbocycles. The van der Waals surface area contributed by atoms with Crippen LogP contribution in [0.15, 0.2) is 12.1 Å². The van der Waals surface area contributed by atoms with Crippen molar-refractivity contribution in [1.29, 1.82) is 0 Å². The summed E-state index contributed by atoms with van der Waals surface area (Å²) in [6, 6.07) is 4.50. The molecule has 1 aliphatic carbocycles. The second-order valence-corrected chi connectivity index (χ2v) is 4.98. The Balaban J connectivity index is 2.43. The van der Waals surface area contributed by atoms with Crippen LogP contribution in [0, 0.1) is 13.8 Å². The van der Waals surface area contributed by atoms with E-state index in [1.165, 1.54) is 36.0 Å². The summed E-state index contributed by atoms with van der Waals surface area (Å²) in [5.74, 6) is 1.01. The van der Waals surface area contributed by atoms with Crippen molar-refractivity contribution in [3.8, 4) is 5.75 Å². The molecule has 0 radical (unpaired) electrons. The topological polar surface area (TPSA) is 35.2 Å². The highest BCUT2D eigenvalue weighted by Crippen LogP contribution is 2.44. The lowest BCUT2D eigenvalue weighted by molar-refractivity contribution is 0.252. The van der Waals surface area contributed by atoms with Gasteiger partial charge in [-0.15, -0.1) is 0 Å². The lowest BCUT2D eigenvalue weighted by Gasteiger charge is -2.42. The van der Waals surface area contributed by atoms with Crippen molar-refractivity contribution in [2.45, 2.75) is 38.5 Å². The molecular weight excluding hydrogens is 198 g/mol. The molecule has 88 valence electrons. The van der Waals surface area contributed by atoms with Gasteiger partial charge in [0.25, 0.3) is 0 Å². The number of rotatable bonds is 3. The Bertz CT molecular complexity index is 365. The molecule has 0 saturated heterocycles. The van der Waals surface area contributed by atoms with Crippen molar-refractivity contribution in [3.05, 3.63) is 28.8 Å². The normalized spacial score (nSPS) is 18.0. The summed E-state index contributed by atoms with van der Waals surface area (Å²) in [4.78, 5) is 0. The van der Waals surface area contributed by atoms with Gasteiger partial charge in [-0.2, -0.15) is 0 Å². The first-order chi connectivity index (χ1) is 7.63. The van der Waals surface area contributed by atoms with E-state index >= 15 is 0 Å². The molecule has 16 heavy (non-hydrogen) atoms. The minimum absolute atomic E-state index is 0.252. The first kappa shape index (κ1) is 11.5. The maximum absolute atomic E-state index is 5.94. The summed E-state index contributed by atoms with van der Waals surface area (Å²) in [5, 5.41) is 0. The summed E-state index contributed by atoms with van der Waals surface area (Å²) in [5.41, 5.74) is 10.0. The van der Waals surface area contributed by atoms with E-state index in [1.807, 2.05) is 0 Å². The summed E-state index contributed by atoms with van der Waals surface area (Å²) < 4.78 is 5.40. The highest BCUT2D eigenvalue weighted by Gasteiger charge is 2.37. The van der Waals surface area contributed by atoms with E-state index in [2.05, 4.69) is 26.0 Å². The number of hydrogen-bond acceptors (Lipinski definition) is 2. The zero-order valence-corrected chi connectivity index (χ0v) is 10.5. The Morgan fingerprint density at radius 2 is 1.81 bits per heavy atom. The third-order valence-corrected chi connectivity index (χ3v) is 3.98. The van der Waals surface area contributed by atoms with E-state index in [1.54, 1.807) is 7.11 Å². The van der Waals surface area contributed by atoms with Crippen LogP contribution in [-0.2, 0) is 5.41 Å². The van der Waals surface area contributed by atoms with Crippen LogP contribution in [0.5, 0.6) is 5.75 Å². The number of ether oxygens (including phenoxy) is 1. The SMILES string of the molecule is COc1c(C)cc(C2(CN)CCC2)cc1C. The number of aryl methyl sites for hydroxylation is 2. The molecule has 1 saturated carbocycles. The van der Waals surface area contributed by atoms with Gasteiger partial charge in [-0.05, 0) is 43.4 Å². The van der Waals surface area contributed by atoms with E-state index in [-0.39, 0.29) is 5.41 Å². The zero-order valence-electron chi connectivity index (χ0n) is 10.5. The molecule has 0 bridgehead atoms. The minimum atomic E-state index is 0.252. The van der Waals surface area contributed by atoms with Crippen LogP contribution in [-0.4, -0.2) is 13.7 Å². The molecule has 2 heteroatoms. The van der Waals surface area contributed by atoms with Gasteiger partial charge in [0, 0.05) is 12.0 Å². The molecule has 0 aliphatic heterocycles. The third-order valence-electron chi connectivity index (χ3n) is 3.98. The van der Waals surface area contributed by atoms with E-state index in [0.717, 1.165) is 12.3 Å². The lowest BCUT2D eigenvalue weighted by atomic mass is 9.64. The Labute approximate surface area is 97.8 Å². The molecule has 1 aliphatic rings. The smallest absolute Gasteiger partial charge is 0.124 e. The van der Waals surface area contributed by atoms with Gasteiger partial charge in [-0.1, -0.05) is 18.6 Å². The largest absolute Gasteiger partial charge is 0.496 e. The fraction of sp³-hybridized carbons (Fsp3) is 0.571. The van der Waals surface area contributed by atoms with Crippen LogP contribution in [0.2, 0.25) is 0 Å². The number of methoxy groups -OCH3 is 1. The zero-order chi connectivity index (χ0) is 11.8. The van der Waals surface area contributed by atoms with Crippen molar-refractivity contribution in [2.24, 2.45) is 5.73 Å². The van der Waals surface area contributed by atoms with E-state index in [4.69, 9.17) is 10.5 Å². The fourth-order valence-corrected chi connectivity index (χ4v) is 2.79. The summed E-state index contributed by atoms with van der Waals surface area (Å²) >= 11 is 0. The van der Waals surface area contributed by atoms with Gasteiger partial charge < -0.3 is 10.5 Å². The average molecular weight is 219 g/mol. The Hall–Kier alpha value is -1.02. The molecule has 1 fully saturated rings. The van der Waals surface area contributed by atoms with Gasteiger partial charge in [0.2, 0.25) is 0 Å². The molecule has 0 amide bonds. The highest BCUT2D eigenvalue weighted by molar-refractivity contribution is 5.46. The van der Waals surface area contributed by atoms with Crippen LogP contribution >= 0.6 is 0 Å². The summed E-state index contributed by atoms with van der Waals surface area (Å²) in [6.07, 6.45) is 3.77. The second-order valence-electron chi connectivity index (χ2n) is 4.98. The average Bonchev–Trinajstić information content (AvgIpc) is 2.16. The van der Waals surface area contributed by atoms with Crippen molar-refractivity contribution >= 4 is 0 Å². The molecule has 1 aromatic rings. The summed E-state index contributed by atoms with van der Waals surface area (Å²) in [6.45, 7) is 4.98. The molecular formula is C14H21NO. The number of hydrogen-bond donors (Lipinski definition) is 1. The Morgan fingerprint density at radius 1 is 1.25 bits per heavy atom. The van der Waals surface area contributed by atoms with E-state index < -0.39 is 0 Å². The molecule has 2 rings (SSSR count). The maximum atomic E-state index is 5.94. The predicted molar refractivity (Wildman–Crippen MR) is 67.1 cm³/mol. The molecule has 0 atom stereocenters. The quantitative estimate of drug-likeness (QED) is 0.848. The lowest BCUT2D eigenvalue weighted by Crippen LogP contribution is -2.41. The molecule has 0 unspecified atom stereocenters. The first-order valence-corrected chi connectivity index (χ1v) is 5.99. The van der Waals surface area contributed by atoms with Gasteiger partial charge in [0.1, 0.15) is 5.75 Å². The van der Waals surface area contributed by atoms with Crippen molar-refractivity contribution in [1.82, 2.24) is 0 Å². The van der Waals surface area contributed by atoms with E-state index in [0.29, 0.717) is 0 Å². The molecule has 0 heterocycles. The van der Waals surface area contributed by atoms with Crippen LogP contribution in [0.3, 0.4) is 0 Å². The molecule has 2 nitrogen and oxygen atoms in total. The second kappa shape index (κ2) is 4.10. The fourth-order valence-electron chi connectivity index (χ4n) is 2.79. The summed E-state index contributed by atoms with van der Waals surface area (Å²) in [7, 11) is 1.73. The third kappa shape index (κ3) is 1.61. The minimum Gasteiger partial charge on any atom is -0.496 e. The van der Waals surface area contributed by atoms with Crippen LogP contribution in [0.1, 0.15) is 36.0 Å². The van der Waals surface area contributed by atoms with Crippen LogP contribution < -0.4 is 10.5 Å². The van der Waals surface area contributed by atoms with Crippen molar-refractivity contribution in [2.75, 3.05) is 13.7 Å². The van der Waals surface area contributed by atoms with Gasteiger partial charge >= 0.3 is 0 Å². The van der Waals surface area contributed by atoms with Crippen molar-refractivity contribution in [3.63, 3.8) is 0 Å². The van der Waals surface area contributed by atoms with E-state index in [9.17, 15) is 0 Å². The van der Waals surface area contributed by atoms with Crippen LogP contribution in [0.25, 0.3) is 0 Å². The maximum Gasteiger partial charge on any atom is 0.124 e. The standard InChI is InChI=1S/C14H21NO/c1-10-7-12(8-11(2)13(10)16-3)14(9-15)5-4-6-14/h7-8H,4-6,9,15H2,1-3H3. The molecule has 0 spiro atoms. The van der Waals surface area contributed by atoms with Gasteiger partial charge in [-0.3, -0.25) is 0 Å². The van der Waals surface area contributed by atoms with Crippen molar-refractivity contribution < 1.29 is 4.74 Å². The van der Waals surface area contributed by atoms with Gasteiger partial charge in [0.15, 0.2) is 0 Å². The predicted octanol–water partition coefficient (Wildman–Crippen LogP) is 2.69. The Morgan fingerprint density at radius 3 is 2.12 bits per heavy atom. The number of nitrogens with two attached hydrogens (primary N) is 1. The van der Waals surface area contributed by atoms with Gasteiger partial charge in [-0.25, -0.2) is 0 Å². The first-order valence-electron chi connectivity index (χ1n) is 5.99. The van der Waals surface area contributed by atoms with Gasteiger partial charge in [0.05, 0.1) is 7.11 Å². The number of benzene rings is 1. The van der Waals surface area contributed by atoms with Crippen LogP contribution in [0.4, 0.5) is 0 Å².